The lowest BCUT2D eigenvalue weighted by atomic mass is 9.76. The highest BCUT2D eigenvalue weighted by Crippen LogP contribution is 2.38. The van der Waals surface area contributed by atoms with E-state index in [-0.39, 0.29) is 35.4 Å². The summed E-state index contributed by atoms with van der Waals surface area (Å²) in [4.78, 5) is 31.8. The van der Waals surface area contributed by atoms with Gasteiger partial charge in [-0.15, -0.1) is 0 Å². The molecule has 3 fully saturated rings. The van der Waals surface area contributed by atoms with E-state index in [1.807, 2.05) is 6.92 Å². The van der Waals surface area contributed by atoms with Gasteiger partial charge < -0.3 is 10.2 Å². The van der Waals surface area contributed by atoms with E-state index >= 15 is 0 Å². The van der Waals surface area contributed by atoms with Crippen molar-refractivity contribution in [1.82, 2.24) is 24.8 Å². The van der Waals surface area contributed by atoms with Crippen LogP contribution in [-0.2, 0) is 6.18 Å². The number of anilines is 1. The molecule has 0 spiro atoms. The van der Waals surface area contributed by atoms with Gasteiger partial charge in [0, 0.05) is 25.0 Å². The summed E-state index contributed by atoms with van der Waals surface area (Å²) in [6.45, 7) is 2.37. The van der Waals surface area contributed by atoms with Gasteiger partial charge in [0.1, 0.15) is 11.5 Å². The largest absolute Gasteiger partial charge is 0.417 e. The molecule has 7 nitrogen and oxygen atoms in total. The monoisotopic (exact) mass is 486 g/mol. The molecule has 3 aliphatic rings. The quantitative estimate of drug-likeness (QED) is 0.547. The Kier molecular flexibility index (Phi) is 5.86. The van der Waals surface area contributed by atoms with Crippen LogP contribution in [0.15, 0.2) is 43.0 Å². The van der Waals surface area contributed by atoms with Gasteiger partial charge in [-0.1, -0.05) is 0 Å². The number of hydrogen-bond donors (Lipinski definition) is 1. The van der Waals surface area contributed by atoms with E-state index in [1.165, 1.54) is 6.07 Å². The van der Waals surface area contributed by atoms with E-state index in [9.17, 15) is 22.4 Å². The molecule has 11 heteroatoms. The average molecular weight is 486 g/mol. The van der Waals surface area contributed by atoms with Crippen LogP contribution in [0.4, 0.5) is 23.4 Å². The maximum Gasteiger partial charge on any atom is 0.417 e. The molecule has 1 amide bonds. The maximum atomic E-state index is 13.7. The molecular weight excluding hydrogens is 464 g/mol. The summed E-state index contributed by atoms with van der Waals surface area (Å²) >= 11 is 0. The fourth-order valence-electron chi connectivity index (χ4n) is 5.00. The predicted octanol–water partition coefficient (Wildman–Crippen LogP) is 4.51. The van der Waals surface area contributed by atoms with Crippen LogP contribution in [0.1, 0.15) is 40.9 Å². The molecule has 182 valence electrons. The molecule has 2 aliphatic heterocycles. The Hall–Kier alpha value is -3.63. The number of fused-ring (bicyclic) bond motifs is 3. The van der Waals surface area contributed by atoms with E-state index in [1.54, 1.807) is 17.2 Å². The lowest BCUT2D eigenvalue weighted by molar-refractivity contribution is -0.137. The lowest BCUT2D eigenvalue weighted by Gasteiger charge is -2.50. The molecule has 0 aromatic carbocycles. The fourth-order valence-corrected chi connectivity index (χ4v) is 5.00. The molecule has 3 aromatic heterocycles. The summed E-state index contributed by atoms with van der Waals surface area (Å²) in [5, 5.41) is 3.23. The molecule has 2 saturated heterocycles. The number of alkyl halides is 3. The number of nitrogens with zero attached hydrogens (tertiary/aromatic N) is 5. The van der Waals surface area contributed by atoms with Gasteiger partial charge in [0.25, 0.3) is 5.91 Å². The van der Waals surface area contributed by atoms with Gasteiger partial charge in [-0.25, -0.2) is 19.3 Å². The van der Waals surface area contributed by atoms with E-state index in [4.69, 9.17) is 0 Å². The van der Waals surface area contributed by atoms with Crippen LogP contribution in [0.3, 0.4) is 0 Å². The standard InChI is InChI=1S/C24H22F4N6O/c1-13-6-7-29-21(20(13)22-31-10-16(25)11-32-22)23(35)34-12-14-2-4-18(34)17(8-14)33-19-5-3-15(9-30-19)24(26,27)28/h3,5-7,9-11,14,17-18H,2,4,8,12H2,1H3,(H,30,33)/t14-,17+,18-/m0/s1. The zero-order chi connectivity index (χ0) is 24.7. The van der Waals surface area contributed by atoms with E-state index in [2.05, 4.69) is 25.3 Å². The molecule has 3 atom stereocenters. The number of hydrogen-bond acceptors (Lipinski definition) is 6. The summed E-state index contributed by atoms with van der Waals surface area (Å²) in [5.74, 6) is -0.0742. The fraction of sp³-hybridized carbons (Fsp3) is 0.375. The van der Waals surface area contributed by atoms with Crippen molar-refractivity contribution in [3.63, 3.8) is 0 Å². The third-order valence-corrected chi connectivity index (χ3v) is 6.67. The van der Waals surface area contributed by atoms with Gasteiger partial charge in [-0.2, -0.15) is 13.2 Å². The van der Waals surface area contributed by atoms with Gasteiger partial charge >= 0.3 is 6.18 Å². The Bertz CT molecular complexity index is 1230. The number of amides is 1. The van der Waals surface area contributed by atoms with Crippen molar-refractivity contribution >= 4 is 11.7 Å². The first-order valence-corrected chi connectivity index (χ1v) is 11.2. The third kappa shape index (κ3) is 4.54. The van der Waals surface area contributed by atoms with Crippen molar-refractivity contribution in [2.45, 2.75) is 44.4 Å². The number of carbonyl (C=O) groups is 1. The molecule has 1 aliphatic carbocycles. The second kappa shape index (κ2) is 8.86. The molecule has 1 saturated carbocycles. The molecule has 6 rings (SSSR count). The minimum Gasteiger partial charge on any atom is -0.365 e. The van der Waals surface area contributed by atoms with Crippen LogP contribution >= 0.6 is 0 Å². The summed E-state index contributed by atoms with van der Waals surface area (Å²) in [5.41, 5.74) is 0.565. The van der Waals surface area contributed by atoms with Crippen molar-refractivity contribution in [3.8, 4) is 11.4 Å². The minimum absolute atomic E-state index is 0.161. The summed E-state index contributed by atoms with van der Waals surface area (Å²) in [7, 11) is 0. The highest BCUT2D eigenvalue weighted by molar-refractivity contribution is 5.99. The van der Waals surface area contributed by atoms with E-state index in [0.717, 1.165) is 49.5 Å². The Labute approximate surface area is 198 Å². The maximum absolute atomic E-state index is 13.7. The van der Waals surface area contributed by atoms with Gasteiger partial charge in [-0.05, 0) is 55.9 Å². The average Bonchev–Trinajstić information content (AvgIpc) is 2.84. The molecule has 0 unspecified atom stereocenters. The lowest BCUT2D eigenvalue weighted by Crippen LogP contribution is -2.60. The summed E-state index contributed by atoms with van der Waals surface area (Å²) in [6, 6.07) is 3.70. The Morgan fingerprint density at radius 1 is 1.06 bits per heavy atom. The molecule has 2 bridgehead atoms. The van der Waals surface area contributed by atoms with Crippen LogP contribution in [-0.4, -0.2) is 49.4 Å². The number of aromatic nitrogens is 4. The topological polar surface area (TPSA) is 83.9 Å². The smallest absolute Gasteiger partial charge is 0.365 e. The molecule has 0 radical (unpaired) electrons. The zero-order valence-electron chi connectivity index (χ0n) is 18.8. The predicted molar refractivity (Wildman–Crippen MR) is 119 cm³/mol. The Balaban J connectivity index is 1.41. The van der Waals surface area contributed by atoms with Gasteiger partial charge in [0.05, 0.1) is 29.6 Å². The third-order valence-electron chi connectivity index (χ3n) is 6.67. The SMILES string of the molecule is Cc1ccnc(C(=O)N2C[C@H]3CC[C@H]2[C@H](Nc2ccc(C(F)(F)F)cn2)C3)c1-c1ncc(F)cn1. The summed E-state index contributed by atoms with van der Waals surface area (Å²) < 4.78 is 52.0. The number of aryl methyl sites for hydroxylation is 1. The van der Waals surface area contributed by atoms with Crippen LogP contribution < -0.4 is 5.32 Å². The van der Waals surface area contributed by atoms with Crippen molar-refractivity contribution in [1.29, 1.82) is 0 Å². The van der Waals surface area contributed by atoms with Crippen LogP contribution in [0.25, 0.3) is 11.4 Å². The molecule has 1 N–H and O–H groups in total. The van der Waals surface area contributed by atoms with Crippen LogP contribution in [0.5, 0.6) is 0 Å². The number of rotatable bonds is 4. The van der Waals surface area contributed by atoms with Gasteiger partial charge in [0.2, 0.25) is 0 Å². The van der Waals surface area contributed by atoms with Crippen molar-refractivity contribution in [2.75, 3.05) is 11.9 Å². The molecule has 3 aromatic rings. The van der Waals surface area contributed by atoms with Crippen molar-refractivity contribution < 1.29 is 22.4 Å². The highest BCUT2D eigenvalue weighted by atomic mass is 19.4. The van der Waals surface area contributed by atoms with Gasteiger partial charge in [0.15, 0.2) is 11.6 Å². The first-order valence-electron chi connectivity index (χ1n) is 11.2. The number of nitrogens with one attached hydrogen (secondary N) is 1. The highest BCUT2D eigenvalue weighted by Gasteiger charge is 2.44. The normalized spacial score (nSPS) is 21.7. The second-order valence-corrected chi connectivity index (χ2v) is 8.96. The number of carbonyl (C=O) groups excluding carboxylic acids is 1. The minimum atomic E-state index is -4.45. The Morgan fingerprint density at radius 3 is 2.49 bits per heavy atom. The Morgan fingerprint density at radius 2 is 1.83 bits per heavy atom. The van der Waals surface area contributed by atoms with Gasteiger partial charge in [-0.3, -0.25) is 9.78 Å². The number of halogens is 4. The van der Waals surface area contributed by atoms with Crippen LogP contribution in [0, 0.1) is 18.7 Å². The molecule has 5 heterocycles. The van der Waals surface area contributed by atoms with Crippen molar-refractivity contribution in [2.24, 2.45) is 5.92 Å². The van der Waals surface area contributed by atoms with Crippen LogP contribution in [0.2, 0.25) is 0 Å². The first kappa shape index (κ1) is 23.1. The van der Waals surface area contributed by atoms with E-state index in [0.29, 0.717) is 17.9 Å². The molecule has 35 heavy (non-hydrogen) atoms. The zero-order valence-corrected chi connectivity index (χ0v) is 18.8. The first-order chi connectivity index (χ1) is 16.7. The number of pyridine rings is 2. The number of piperidine rings is 2. The molecular formula is C24H22F4N6O. The summed E-state index contributed by atoms with van der Waals surface area (Å²) in [6.07, 6.45) is 2.48. The second-order valence-electron chi connectivity index (χ2n) is 8.96. The van der Waals surface area contributed by atoms with Crippen molar-refractivity contribution in [3.05, 3.63) is 65.6 Å². The van der Waals surface area contributed by atoms with E-state index < -0.39 is 17.6 Å².